The predicted molar refractivity (Wildman–Crippen MR) is 92.2 cm³/mol. The van der Waals surface area contributed by atoms with Crippen LogP contribution < -0.4 is 10.5 Å². The number of carbonyl (C=O) groups excluding carboxylic acids is 1. The molecule has 0 saturated carbocycles. The van der Waals surface area contributed by atoms with E-state index in [-0.39, 0.29) is 0 Å². The first kappa shape index (κ1) is 16.5. The van der Waals surface area contributed by atoms with Crippen molar-refractivity contribution in [2.45, 2.75) is 25.7 Å². The Kier molecular flexibility index (Phi) is 5.15. The van der Waals surface area contributed by atoms with Gasteiger partial charge in [0.2, 0.25) is 0 Å². The minimum absolute atomic E-state index is 0.310. The molecular weight excluding hydrogens is 304 g/mol. The average molecular weight is 328 g/mol. The van der Waals surface area contributed by atoms with Crippen molar-refractivity contribution < 1.29 is 9.53 Å². The molecule has 2 heterocycles. The molecule has 1 aromatic heterocycles. The zero-order valence-corrected chi connectivity index (χ0v) is 14.0. The lowest BCUT2D eigenvalue weighted by Crippen LogP contribution is -2.37. The van der Waals surface area contributed by atoms with E-state index in [1.54, 1.807) is 6.07 Å². The molecule has 6 nitrogen and oxygen atoms in total. The number of nitrogens with zero attached hydrogens (tertiary/aromatic N) is 2. The number of H-pyrrole nitrogens is 1. The summed E-state index contributed by atoms with van der Waals surface area (Å²) in [5, 5.41) is 6.94. The maximum Gasteiger partial charge on any atom is 0.269 e. The van der Waals surface area contributed by atoms with Crippen LogP contribution in [0.2, 0.25) is 0 Å². The summed E-state index contributed by atoms with van der Waals surface area (Å²) in [5.41, 5.74) is 7.80. The number of ether oxygens (including phenoxy) is 1. The van der Waals surface area contributed by atoms with Gasteiger partial charge in [-0.25, -0.2) is 0 Å². The number of carbonyl (C=O) groups is 1. The number of hydrogen-bond acceptors (Lipinski definition) is 4. The summed E-state index contributed by atoms with van der Waals surface area (Å²) in [5.74, 6) is 0.782. The van der Waals surface area contributed by atoms with E-state index in [9.17, 15) is 4.79 Å². The van der Waals surface area contributed by atoms with Crippen molar-refractivity contribution in [3.05, 3.63) is 47.3 Å². The van der Waals surface area contributed by atoms with Crippen LogP contribution in [0, 0.1) is 6.92 Å². The Morgan fingerprint density at radius 2 is 2.21 bits per heavy atom. The van der Waals surface area contributed by atoms with Crippen LogP contribution in [0.5, 0.6) is 5.75 Å². The van der Waals surface area contributed by atoms with Crippen LogP contribution in [-0.4, -0.2) is 47.2 Å². The largest absolute Gasteiger partial charge is 0.492 e. The molecule has 24 heavy (non-hydrogen) atoms. The third kappa shape index (κ3) is 4.14. The molecule has 3 N–H and O–H groups in total. The monoisotopic (exact) mass is 328 g/mol. The molecule has 1 atom stereocenters. The third-order valence-electron chi connectivity index (χ3n) is 4.49. The maximum atomic E-state index is 11.2. The van der Waals surface area contributed by atoms with E-state index in [1.807, 2.05) is 12.1 Å². The summed E-state index contributed by atoms with van der Waals surface area (Å²) in [6.07, 6.45) is 2.22. The van der Waals surface area contributed by atoms with E-state index >= 15 is 0 Å². The number of amides is 1. The highest BCUT2D eigenvalue weighted by molar-refractivity contribution is 5.90. The minimum Gasteiger partial charge on any atom is -0.492 e. The van der Waals surface area contributed by atoms with E-state index in [0.717, 1.165) is 43.9 Å². The van der Waals surface area contributed by atoms with Crippen LogP contribution in [0.1, 0.15) is 40.5 Å². The van der Waals surface area contributed by atoms with Crippen LogP contribution in [0.15, 0.2) is 30.3 Å². The molecule has 1 aliphatic rings. The number of aromatic amines is 1. The fraction of sp³-hybridized carbons (Fsp3) is 0.444. The van der Waals surface area contributed by atoms with Crippen LogP contribution in [-0.2, 0) is 0 Å². The van der Waals surface area contributed by atoms with Crippen molar-refractivity contribution in [2.24, 2.45) is 5.73 Å². The average Bonchev–Trinajstić information content (AvgIpc) is 3.07. The van der Waals surface area contributed by atoms with E-state index in [2.05, 4.69) is 34.2 Å². The minimum atomic E-state index is -0.489. The summed E-state index contributed by atoms with van der Waals surface area (Å²) in [6.45, 7) is 5.64. The Morgan fingerprint density at radius 1 is 1.42 bits per heavy atom. The molecule has 0 spiro atoms. The Hall–Kier alpha value is -2.34. The maximum absolute atomic E-state index is 11.2. The summed E-state index contributed by atoms with van der Waals surface area (Å²) < 4.78 is 5.82. The first-order valence-corrected chi connectivity index (χ1v) is 8.39. The molecule has 1 aliphatic heterocycles. The number of likely N-dealkylation sites (tertiary alicyclic amines) is 1. The van der Waals surface area contributed by atoms with E-state index in [4.69, 9.17) is 10.5 Å². The predicted octanol–water partition coefficient (Wildman–Crippen LogP) is 2.08. The van der Waals surface area contributed by atoms with Crippen molar-refractivity contribution in [2.75, 3.05) is 26.2 Å². The SMILES string of the molecule is Cc1ccc(OCCN2CCC[C@H](c3cc(C(N)=O)n[nH]3)C2)cc1. The van der Waals surface area contributed by atoms with Gasteiger partial charge in [0.15, 0.2) is 0 Å². The van der Waals surface area contributed by atoms with Crippen LogP contribution in [0.25, 0.3) is 0 Å². The Balaban J connectivity index is 1.49. The highest BCUT2D eigenvalue weighted by atomic mass is 16.5. The second kappa shape index (κ2) is 7.49. The number of aryl methyl sites for hydroxylation is 1. The van der Waals surface area contributed by atoms with E-state index in [0.29, 0.717) is 18.2 Å². The summed E-state index contributed by atoms with van der Waals surface area (Å²) in [6, 6.07) is 9.90. The molecule has 128 valence electrons. The van der Waals surface area contributed by atoms with Crippen LogP contribution >= 0.6 is 0 Å². The van der Waals surface area contributed by atoms with E-state index in [1.165, 1.54) is 5.56 Å². The fourth-order valence-corrected chi connectivity index (χ4v) is 3.11. The lowest BCUT2D eigenvalue weighted by Gasteiger charge is -2.32. The molecular formula is C18H24N4O2. The van der Waals surface area contributed by atoms with Crippen molar-refractivity contribution in [1.82, 2.24) is 15.1 Å². The van der Waals surface area contributed by atoms with Gasteiger partial charge < -0.3 is 10.5 Å². The first-order valence-electron chi connectivity index (χ1n) is 8.39. The van der Waals surface area contributed by atoms with Gasteiger partial charge in [-0.05, 0) is 44.5 Å². The topological polar surface area (TPSA) is 84.2 Å². The molecule has 0 aliphatic carbocycles. The van der Waals surface area contributed by atoms with Gasteiger partial charge in [-0.2, -0.15) is 5.10 Å². The van der Waals surface area contributed by atoms with Gasteiger partial charge in [0.25, 0.3) is 5.91 Å². The highest BCUT2D eigenvalue weighted by Gasteiger charge is 2.23. The van der Waals surface area contributed by atoms with Crippen molar-refractivity contribution in [3.63, 3.8) is 0 Å². The number of hydrogen-bond donors (Lipinski definition) is 2. The molecule has 2 aromatic rings. The quantitative estimate of drug-likeness (QED) is 0.850. The van der Waals surface area contributed by atoms with Crippen molar-refractivity contribution in [1.29, 1.82) is 0 Å². The number of nitrogens with two attached hydrogens (primary N) is 1. The summed E-state index contributed by atoms with van der Waals surface area (Å²) in [7, 11) is 0. The number of piperidine rings is 1. The second-order valence-electron chi connectivity index (χ2n) is 6.37. The van der Waals surface area contributed by atoms with Gasteiger partial charge in [-0.15, -0.1) is 0 Å². The summed E-state index contributed by atoms with van der Waals surface area (Å²) in [4.78, 5) is 13.6. The van der Waals surface area contributed by atoms with Crippen LogP contribution in [0.3, 0.4) is 0 Å². The number of primary amides is 1. The van der Waals surface area contributed by atoms with Gasteiger partial charge in [0.05, 0.1) is 0 Å². The van der Waals surface area contributed by atoms with Crippen LogP contribution in [0.4, 0.5) is 0 Å². The lowest BCUT2D eigenvalue weighted by molar-refractivity contribution is 0.0995. The van der Waals surface area contributed by atoms with Gasteiger partial charge in [0.1, 0.15) is 18.1 Å². The molecule has 6 heteroatoms. The lowest BCUT2D eigenvalue weighted by atomic mass is 9.94. The van der Waals surface area contributed by atoms with Crippen molar-refractivity contribution in [3.8, 4) is 5.75 Å². The molecule has 1 amide bonds. The Labute approximate surface area is 142 Å². The Bertz CT molecular complexity index is 681. The molecule has 0 unspecified atom stereocenters. The number of benzene rings is 1. The molecule has 1 aromatic carbocycles. The third-order valence-corrected chi connectivity index (χ3v) is 4.49. The highest BCUT2D eigenvalue weighted by Crippen LogP contribution is 2.25. The van der Waals surface area contributed by atoms with E-state index < -0.39 is 5.91 Å². The number of rotatable bonds is 6. The van der Waals surface area contributed by atoms with Gasteiger partial charge in [-0.1, -0.05) is 17.7 Å². The fourth-order valence-electron chi connectivity index (χ4n) is 3.11. The molecule has 0 radical (unpaired) electrons. The molecule has 1 saturated heterocycles. The second-order valence-corrected chi connectivity index (χ2v) is 6.37. The number of nitrogens with one attached hydrogen (secondary N) is 1. The number of aromatic nitrogens is 2. The molecule has 1 fully saturated rings. The summed E-state index contributed by atoms with van der Waals surface area (Å²) >= 11 is 0. The zero-order chi connectivity index (χ0) is 16.9. The standard InChI is InChI=1S/C18H24N4O2/c1-13-4-6-15(7-5-13)24-10-9-22-8-2-3-14(12-22)16-11-17(18(19)23)21-20-16/h4-7,11,14H,2-3,8-10,12H2,1H3,(H2,19,23)(H,20,21)/t14-/m0/s1. The first-order chi connectivity index (χ1) is 11.6. The van der Waals surface area contributed by atoms with Crippen molar-refractivity contribution >= 4 is 5.91 Å². The Morgan fingerprint density at radius 3 is 2.92 bits per heavy atom. The zero-order valence-electron chi connectivity index (χ0n) is 14.0. The smallest absolute Gasteiger partial charge is 0.269 e. The van der Waals surface area contributed by atoms with Gasteiger partial charge >= 0.3 is 0 Å². The van der Waals surface area contributed by atoms with Gasteiger partial charge in [-0.3, -0.25) is 14.8 Å². The molecule has 0 bridgehead atoms. The normalized spacial score (nSPS) is 18.5. The molecule has 3 rings (SSSR count). The van der Waals surface area contributed by atoms with Gasteiger partial charge in [0, 0.05) is 24.7 Å².